The number of nitrogens with zero attached hydrogens (tertiary/aromatic N) is 2. The molecule has 0 amide bonds. The molecule has 3 aromatic carbocycles. The number of carbonyl (C=O) groups excluding carboxylic acids is 1. The van der Waals surface area contributed by atoms with Crippen LogP contribution in [0.3, 0.4) is 0 Å². The Morgan fingerprint density at radius 1 is 0.933 bits per heavy atom. The number of benzene rings is 3. The molecule has 5 rings (SSSR count). The van der Waals surface area contributed by atoms with E-state index < -0.39 is 12.0 Å². The molecule has 0 N–H and O–H groups in total. The number of ether oxygens (including phenoxy) is 4. The summed E-state index contributed by atoms with van der Waals surface area (Å²) in [5, 5.41) is 1.10. The average molecular weight is 668 g/mol. The van der Waals surface area contributed by atoms with Crippen LogP contribution in [-0.2, 0) is 16.1 Å². The lowest BCUT2D eigenvalue weighted by atomic mass is 9.95. The summed E-state index contributed by atoms with van der Waals surface area (Å²) < 4.78 is 24.9. The second-order valence-electron chi connectivity index (χ2n) is 9.97. The maximum atomic E-state index is 14.0. The van der Waals surface area contributed by atoms with Crippen molar-refractivity contribution in [1.82, 2.24) is 4.57 Å². The van der Waals surface area contributed by atoms with E-state index in [1.807, 2.05) is 56.3 Å². The van der Waals surface area contributed by atoms with Crippen molar-refractivity contribution in [3.05, 3.63) is 118 Å². The van der Waals surface area contributed by atoms with E-state index in [0.29, 0.717) is 66.7 Å². The predicted octanol–water partition coefficient (Wildman–Crippen LogP) is 6.48. The highest BCUT2D eigenvalue weighted by atomic mass is 35.5. The van der Waals surface area contributed by atoms with Crippen molar-refractivity contribution in [1.29, 1.82) is 0 Å². The van der Waals surface area contributed by atoms with Gasteiger partial charge in [0.15, 0.2) is 16.3 Å². The summed E-state index contributed by atoms with van der Waals surface area (Å²) in [4.78, 5) is 32.4. The van der Waals surface area contributed by atoms with Crippen molar-refractivity contribution in [2.45, 2.75) is 40.3 Å². The SMILES string of the molecule is CCOC(=O)C1=C(C)N=c2s/c(=C\c3ccc(OCc4ccc(Cl)cc4Cl)cc3)c(=O)n2[C@H]1c1ccc(OCC)c(OCC)c1. The van der Waals surface area contributed by atoms with Gasteiger partial charge in [0.05, 0.1) is 41.7 Å². The second-order valence-corrected chi connectivity index (χ2v) is 11.8. The van der Waals surface area contributed by atoms with Crippen LogP contribution in [0.2, 0.25) is 10.0 Å². The van der Waals surface area contributed by atoms with Crippen LogP contribution < -0.4 is 29.1 Å². The number of fused-ring (bicyclic) bond motifs is 1. The standard InChI is InChI=1S/C34H32Cl2N2O6S/c1-5-41-27-15-11-22(17-28(27)42-6-2)31-30(33(40)43-7-3)20(4)37-34-38(31)32(39)29(45-34)16-21-8-13-25(14-9-21)44-19-23-10-12-24(35)18-26(23)36/h8-18,31H,5-7,19H2,1-4H3/b29-16-/t31-/m0/s1. The topological polar surface area (TPSA) is 88.4 Å². The van der Waals surface area contributed by atoms with Gasteiger partial charge in [0.2, 0.25) is 0 Å². The molecule has 8 nitrogen and oxygen atoms in total. The number of esters is 1. The minimum atomic E-state index is -0.771. The van der Waals surface area contributed by atoms with Gasteiger partial charge in [0, 0.05) is 15.6 Å². The Kier molecular flexibility index (Phi) is 10.3. The lowest BCUT2D eigenvalue weighted by Crippen LogP contribution is -2.40. The van der Waals surface area contributed by atoms with E-state index in [0.717, 1.165) is 11.1 Å². The molecule has 1 aliphatic rings. The highest BCUT2D eigenvalue weighted by molar-refractivity contribution is 7.07. The first-order valence-corrected chi connectivity index (χ1v) is 16.1. The van der Waals surface area contributed by atoms with Crippen molar-refractivity contribution in [2.24, 2.45) is 4.99 Å². The van der Waals surface area contributed by atoms with Gasteiger partial charge in [-0.1, -0.05) is 58.8 Å². The zero-order valence-electron chi connectivity index (χ0n) is 25.3. The van der Waals surface area contributed by atoms with E-state index in [1.54, 1.807) is 42.7 Å². The van der Waals surface area contributed by atoms with E-state index in [2.05, 4.69) is 4.99 Å². The summed E-state index contributed by atoms with van der Waals surface area (Å²) in [5.41, 5.74) is 2.80. The number of aromatic nitrogens is 1. The Balaban J connectivity index is 1.52. The van der Waals surface area contributed by atoms with Gasteiger partial charge in [0.1, 0.15) is 12.4 Å². The highest BCUT2D eigenvalue weighted by Gasteiger charge is 2.34. The Bertz CT molecular complexity index is 1930. The molecule has 0 bridgehead atoms. The van der Waals surface area contributed by atoms with E-state index in [-0.39, 0.29) is 18.8 Å². The number of rotatable bonds is 11. The maximum absolute atomic E-state index is 14.0. The van der Waals surface area contributed by atoms with Gasteiger partial charge in [-0.25, -0.2) is 9.79 Å². The van der Waals surface area contributed by atoms with Crippen LogP contribution in [-0.4, -0.2) is 30.4 Å². The highest BCUT2D eigenvalue weighted by Crippen LogP contribution is 2.36. The van der Waals surface area contributed by atoms with E-state index in [9.17, 15) is 9.59 Å². The van der Waals surface area contributed by atoms with Crippen molar-refractivity contribution in [3.8, 4) is 17.2 Å². The predicted molar refractivity (Wildman–Crippen MR) is 176 cm³/mol. The van der Waals surface area contributed by atoms with E-state index >= 15 is 0 Å². The third-order valence-electron chi connectivity index (χ3n) is 6.99. The molecule has 0 unspecified atom stereocenters. The lowest BCUT2D eigenvalue weighted by molar-refractivity contribution is -0.139. The molecule has 1 aliphatic heterocycles. The Hall–Kier alpha value is -4.05. The molecular weight excluding hydrogens is 635 g/mol. The van der Waals surface area contributed by atoms with Crippen LogP contribution in [0.15, 0.2) is 81.7 Å². The fourth-order valence-corrected chi connectivity index (χ4v) is 6.47. The summed E-state index contributed by atoms with van der Waals surface area (Å²) in [6.45, 7) is 8.63. The molecule has 0 radical (unpaired) electrons. The number of allylic oxidation sites excluding steroid dienone is 1. The van der Waals surface area contributed by atoms with E-state index in [1.165, 1.54) is 11.3 Å². The first-order valence-electron chi connectivity index (χ1n) is 14.5. The quantitative estimate of drug-likeness (QED) is 0.170. The zero-order valence-corrected chi connectivity index (χ0v) is 27.6. The van der Waals surface area contributed by atoms with Gasteiger partial charge in [-0.3, -0.25) is 9.36 Å². The molecule has 4 aromatic rings. The summed E-state index contributed by atoms with van der Waals surface area (Å²) in [6.07, 6.45) is 1.80. The maximum Gasteiger partial charge on any atom is 0.338 e. The molecule has 1 aromatic heterocycles. The summed E-state index contributed by atoms with van der Waals surface area (Å²) >= 11 is 13.5. The largest absolute Gasteiger partial charge is 0.490 e. The normalized spacial score (nSPS) is 14.5. The summed E-state index contributed by atoms with van der Waals surface area (Å²) in [6, 6.07) is 17.3. The van der Waals surface area contributed by atoms with E-state index in [4.69, 9.17) is 42.1 Å². The molecule has 234 valence electrons. The van der Waals surface area contributed by atoms with Crippen LogP contribution in [0.1, 0.15) is 50.4 Å². The molecule has 0 saturated carbocycles. The summed E-state index contributed by atoms with van der Waals surface area (Å²) in [5.74, 6) is 1.23. The number of carbonyl (C=O) groups is 1. The van der Waals surface area contributed by atoms with Gasteiger partial charge in [0.25, 0.3) is 5.56 Å². The number of thiazole rings is 1. The minimum Gasteiger partial charge on any atom is -0.490 e. The fourth-order valence-electron chi connectivity index (χ4n) is 4.96. The number of halogens is 2. The van der Waals surface area contributed by atoms with Crippen molar-refractivity contribution in [2.75, 3.05) is 19.8 Å². The Morgan fingerprint density at radius 3 is 2.36 bits per heavy atom. The molecule has 0 fully saturated rings. The van der Waals surface area contributed by atoms with Crippen LogP contribution >= 0.6 is 34.5 Å². The fraction of sp³-hybridized carbons (Fsp3) is 0.265. The molecule has 1 atom stereocenters. The Labute approximate surface area is 274 Å². The Morgan fingerprint density at radius 2 is 1.67 bits per heavy atom. The van der Waals surface area contributed by atoms with Crippen LogP contribution in [0.4, 0.5) is 0 Å². The van der Waals surface area contributed by atoms with Gasteiger partial charge >= 0.3 is 5.97 Å². The molecule has 2 heterocycles. The molecule has 0 spiro atoms. The van der Waals surface area contributed by atoms with Crippen molar-refractivity contribution in [3.63, 3.8) is 0 Å². The minimum absolute atomic E-state index is 0.187. The molecule has 0 aliphatic carbocycles. The molecule has 11 heteroatoms. The van der Waals surface area contributed by atoms with Gasteiger partial charge in [-0.05, 0) is 81.3 Å². The van der Waals surface area contributed by atoms with Crippen LogP contribution in [0.25, 0.3) is 6.08 Å². The van der Waals surface area contributed by atoms with Crippen molar-refractivity contribution >= 4 is 46.6 Å². The van der Waals surface area contributed by atoms with Gasteiger partial charge in [-0.15, -0.1) is 0 Å². The van der Waals surface area contributed by atoms with Crippen LogP contribution in [0, 0.1) is 0 Å². The van der Waals surface area contributed by atoms with Gasteiger partial charge < -0.3 is 18.9 Å². The first kappa shape index (κ1) is 32.3. The third kappa shape index (κ3) is 7.11. The number of hydrogen-bond acceptors (Lipinski definition) is 8. The monoisotopic (exact) mass is 666 g/mol. The van der Waals surface area contributed by atoms with Crippen molar-refractivity contribution < 1.29 is 23.7 Å². The third-order valence-corrected chi connectivity index (χ3v) is 8.56. The average Bonchev–Trinajstić information content (AvgIpc) is 3.31. The zero-order chi connectivity index (χ0) is 32.1. The first-order chi connectivity index (χ1) is 21.7. The summed E-state index contributed by atoms with van der Waals surface area (Å²) in [7, 11) is 0. The smallest absolute Gasteiger partial charge is 0.338 e. The lowest BCUT2D eigenvalue weighted by Gasteiger charge is -2.25. The second kappa shape index (κ2) is 14.4. The van der Waals surface area contributed by atoms with Crippen LogP contribution in [0.5, 0.6) is 17.2 Å². The molecule has 45 heavy (non-hydrogen) atoms. The molecular formula is C34H32Cl2N2O6S. The number of hydrogen-bond donors (Lipinski definition) is 0. The van der Waals surface area contributed by atoms with Gasteiger partial charge in [-0.2, -0.15) is 0 Å². The molecule has 0 saturated heterocycles.